The summed E-state index contributed by atoms with van der Waals surface area (Å²) in [6, 6.07) is 41.5. The average molecular weight is 1230 g/mol. The van der Waals surface area contributed by atoms with Crippen LogP contribution in [0.1, 0.15) is 66.8 Å². The average Bonchev–Trinajstić information content (AvgIpc) is 1.35. The van der Waals surface area contributed by atoms with Gasteiger partial charge in [-0.3, -0.25) is 0 Å². The Hall–Kier alpha value is -11.2. The summed E-state index contributed by atoms with van der Waals surface area (Å²) in [5.41, 5.74) is 22.1. The second-order valence-corrected chi connectivity index (χ2v) is 35.3. The first kappa shape index (κ1) is 42.4. The summed E-state index contributed by atoms with van der Waals surface area (Å²) < 4.78 is 0. The van der Waals surface area contributed by atoms with E-state index in [4.69, 9.17) is 0 Å². The maximum Gasteiger partial charge on any atom is 0.0528 e. The smallest absolute Gasteiger partial charge is 0.0528 e. The lowest BCUT2D eigenvalue weighted by Gasteiger charge is -2.33. The second kappa shape index (κ2) is 10.3. The minimum atomic E-state index is -0.502. The molecule has 436 valence electrons. The van der Waals surface area contributed by atoms with Crippen molar-refractivity contribution in [2.75, 3.05) is 76.0 Å². The molecule has 0 amide bonds. The van der Waals surface area contributed by atoms with E-state index in [2.05, 4.69) is 173 Å². The maximum atomic E-state index is 2.67. The van der Waals surface area contributed by atoms with Crippen LogP contribution in [0.4, 0.5) is 22.7 Å². The monoisotopic (exact) mass is 1220 g/mol. The van der Waals surface area contributed by atoms with Gasteiger partial charge in [0.1, 0.15) is 0 Å². The largest absolute Gasteiger partial charge is 0.378 e. The van der Waals surface area contributed by atoms with Gasteiger partial charge in [0.15, 0.2) is 0 Å². The van der Waals surface area contributed by atoms with E-state index >= 15 is 0 Å². The van der Waals surface area contributed by atoms with Crippen LogP contribution in [0.25, 0.3) is 259 Å². The second-order valence-electron chi connectivity index (χ2n) is 35.3. The number of rotatable bonds is 8. The summed E-state index contributed by atoms with van der Waals surface area (Å²) in [7, 11) is 17.9. The predicted molar refractivity (Wildman–Crippen MR) is 412 cm³/mol. The summed E-state index contributed by atoms with van der Waals surface area (Å²) in [4.78, 5) is 9.33. The summed E-state index contributed by atoms with van der Waals surface area (Å²) in [5.74, 6) is 0. The van der Waals surface area contributed by atoms with Crippen molar-refractivity contribution in [1.82, 2.24) is 0 Å². The molecule has 98 heavy (non-hydrogen) atoms. The Kier molecular flexibility index (Phi) is 4.45. The molecule has 0 saturated heterocycles. The van der Waals surface area contributed by atoms with E-state index in [9.17, 15) is 0 Å². The molecule has 0 heterocycles. The molecule has 4 spiro atoms. The predicted octanol–water partition coefficient (Wildman–Crippen LogP) is 21.1. The molecule has 2 saturated carbocycles. The molecule has 0 N–H and O–H groups in total. The highest BCUT2D eigenvalue weighted by Gasteiger charge is 2.97. The summed E-state index contributed by atoms with van der Waals surface area (Å²) in [5, 5.41) is 79.3. The van der Waals surface area contributed by atoms with Gasteiger partial charge in [-0.25, -0.2) is 0 Å². The van der Waals surface area contributed by atoms with Crippen molar-refractivity contribution in [3.8, 4) is 0 Å². The third-order valence-electron chi connectivity index (χ3n) is 33.5. The molecule has 28 aromatic carbocycles. The van der Waals surface area contributed by atoms with Gasteiger partial charge in [0.25, 0.3) is 0 Å². The fourth-order valence-corrected chi connectivity index (χ4v) is 32.7. The van der Waals surface area contributed by atoms with E-state index < -0.39 is 32.5 Å². The first-order chi connectivity index (χ1) is 48.1. The first-order valence-corrected chi connectivity index (χ1v) is 36.3. The number of benzene rings is 20. The highest BCUT2D eigenvalue weighted by molar-refractivity contribution is 6.78. The number of hydrogen-bond acceptors (Lipinski definition) is 4. The van der Waals surface area contributed by atoms with Crippen molar-refractivity contribution < 1.29 is 0 Å². The zero-order valence-corrected chi connectivity index (χ0v) is 54.0. The summed E-state index contributed by atoms with van der Waals surface area (Å²) in [6.07, 6.45) is 0. The van der Waals surface area contributed by atoms with Gasteiger partial charge in [-0.15, -0.1) is 0 Å². The van der Waals surface area contributed by atoms with Crippen molar-refractivity contribution in [3.05, 3.63) is 164 Å². The van der Waals surface area contributed by atoms with Crippen LogP contribution in [-0.4, -0.2) is 56.4 Å². The van der Waals surface area contributed by atoms with Crippen molar-refractivity contribution in [3.63, 3.8) is 0 Å². The SMILES string of the molecule is CN(C)c1ccc(C2(c3ccc(N(C)C)cc3)C34c5c6c7c8c9c%10c(c%11c%12c3c3c5c5c%13c%14c%15c%16c%17c%18c%19c%20c%21c%22c%23c(c%14c5c5c3c3c%12c%12c%11c%11c%10c%10c%14c9c(c7c%16c6%13)c%17c%14c%19c6c%20c7c%22c(c3c%235)c%12c7c%11c6%10)C%213C(c5ccc(N(C)C)cc5)(c5ccc(N(C)C)cc5)C%15%183)C824)cc1. The Bertz CT molecular complexity index is 8490. The lowest BCUT2D eigenvalue weighted by atomic mass is 9.67. The highest BCUT2D eigenvalue weighted by Crippen LogP contribution is 3.01. The van der Waals surface area contributed by atoms with Gasteiger partial charge in [-0.2, -0.15) is 0 Å². The molecule has 4 nitrogen and oxygen atoms in total. The molecule has 4 atom stereocenters. The van der Waals surface area contributed by atoms with Gasteiger partial charge in [-0.1, -0.05) is 48.5 Å². The van der Waals surface area contributed by atoms with Crippen molar-refractivity contribution in [1.29, 1.82) is 0 Å². The van der Waals surface area contributed by atoms with Crippen molar-refractivity contribution in [2.45, 2.75) is 32.5 Å². The lowest BCUT2D eigenvalue weighted by Crippen LogP contribution is -2.27. The molecular formula is C94H40N4. The van der Waals surface area contributed by atoms with Gasteiger partial charge in [0.05, 0.1) is 32.5 Å². The van der Waals surface area contributed by atoms with Crippen LogP contribution >= 0.6 is 0 Å². The zero-order chi connectivity index (χ0) is 61.6. The lowest BCUT2D eigenvalue weighted by molar-refractivity contribution is 0.709. The minimum absolute atomic E-state index is 0.451. The number of anilines is 4. The van der Waals surface area contributed by atoms with Gasteiger partial charge in [0, 0.05) is 79.1 Å². The molecular weight excluding hydrogens is 1190 g/mol. The minimum Gasteiger partial charge on any atom is -0.378 e. The van der Waals surface area contributed by atoms with Gasteiger partial charge in [0.2, 0.25) is 0 Å². The summed E-state index contributed by atoms with van der Waals surface area (Å²) >= 11 is 0. The highest BCUT2D eigenvalue weighted by atomic mass is 15.1. The van der Waals surface area contributed by atoms with Crippen LogP contribution in [0.15, 0.2) is 97.1 Å². The Morgan fingerprint density at radius 1 is 0.133 bits per heavy atom. The maximum absolute atomic E-state index is 2.67. The zero-order valence-electron chi connectivity index (χ0n) is 54.0. The Labute approximate surface area is 550 Å². The molecule has 0 bridgehead atoms. The van der Waals surface area contributed by atoms with E-state index in [1.54, 1.807) is 303 Å². The first-order valence-electron chi connectivity index (χ1n) is 36.3. The number of nitrogens with zero attached hydrogens (tertiary/aromatic N) is 4. The van der Waals surface area contributed by atoms with E-state index in [0.717, 1.165) is 0 Å². The fourth-order valence-electron chi connectivity index (χ4n) is 32.7. The molecule has 38 rings (SSSR count). The van der Waals surface area contributed by atoms with E-state index in [1.165, 1.54) is 45.0 Å². The van der Waals surface area contributed by atoms with Crippen LogP contribution in [-0.2, 0) is 32.5 Å². The third kappa shape index (κ3) is 2.51. The molecule has 0 aromatic heterocycles. The van der Waals surface area contributed by atoms with Crippen molar-refractivity contribution in [2.24, 2.45) is 0 Å². The quantitative estimate of drug-likeness (QED) is 0.141. The fraction of sp³-hybridized carbons (Fsp3) is 0.149. The molecule has 0 aliphatic heterocycles. The van der Waals surface area contributed by atoms with Crippen LogP contribution in [0.2, 0.25) is 0 Å². The molecule has 2 fully saturated rings. The van der Waals surface area contributed by atoms with Crippen LogP contribution < -0.4 is 19.6 Å². The third-order valence-corrected chi connectivity index (χ3v) is 33.5. The molecule has 28 aromatic rings. The Morgan fingerprint density at radius 3 is 0.337 bits per heavy atom. The van der Waals surface area contributed by atoms with E-state index in [1.807, 2.05) is 0 Å². The van der Waals surface area contributed by atoms with Crippen LogP contribution in [0.5, 0.6) is 0 Å². The Morgan fingerprint density at radius 2 is 0.235 bits per heavy atom. The van der Waals surface area contributed by atoms with E-state index in [0.29, 0.717) is 0 Å². The Balaban J connectivity index is 0.934. The van der Waals surface area contributed by atoms with Crippen LogP contribution in [0, 0.1) is 0 Å². The normalized spacial score (nSPS) is 23.8. The summed E-state index contributed by atoms with van der Waals surface area (Å²) in [6.45, 7) is 0. The molecule has 10 aliphatic rings. The van der Waals surface area contributed by atoms with Gasteiger partial charge >= 0.3 is 0 Å². The standard InChI is InChI=1S/C94H40N4/c1-95(2)29-17-9-25(10-18-29)89(26-11-19-30(20-12-26)96(3)4)91-81-65-49-37-35-33-34-36-38-40-45-55-43(36)53(41(33)49)69(81)71(55)83-73-57(45)48-52(40)68-66-50(38)42(34)54-44(35)56-46-39(37)51-47-58(46)74-78-62-59(47)75(85(91)67(51)65)79-63(62)64-61(77(73)87(79)93(83,89)91)60(48)76-80(64)88(78)94-84(74)72(56)70(54)82(66)92(94,86(68)76)90(94,27-13-21-31(22-14-27)97(5)6)28-15-23-32(24-16-28)98(7)8/h9-24H,1-8H3. The number of hydrogen-bond donors (Lipinski definition) is 0. The molecule has 4 unspecified atom stereocenters. The van der Waals surface area contributed by atoms with Gasteiger partial charge < -0.3 is 19.6 Å². The molecule has 10 aliphatic carbocycles. The topological polar surface area (TPSA) is 13.0 Å². The van der Waals surface area contributed by atoms with Crippen LogP contribution in [0.3, 0.4) is 0 Å². The van der Waals surface area contributed by atoms with Gasteiger partial charge in [-0.05, 0) is 374 Å². The van der Waals surface area contributed by atoms with Crippen molar-refractivity contribution >= 4 is 281 Å². The van der Waals surface area contributed by atoms with E-state index in [-0.39, 0.29) is 0 Å². The molecule has 4 heteroatoms. The molecule has 0 radical (unpaired) electrons.